The van der Waals surface area contributed by atoms with Gasteiger partial charge in [0.05, 0.1) is 19.6 Å². The molecule has 1 aliphatic heterocycles. The zero-order chi connectivity index (χ0) is 32.3. The molecular weight excluding hydrogens is 576 g/mol. The van der Waals surface area contributed by atoms with Crippen molar-refractivity contribution in [3.05, 3.63) is 48.0 Å². The maximum Gasteiger partial charge on any atom is 0.253 e. The number of carbonyl (C=O) groups is 8. The molecule has 1 atom stereocenters. The topological polar surface area (TPSA) is 209 Å². The van der Waals surface area contributed by atoms with Crippen molar-refractivity contribution < 1.29 is 43.1 Å². The molecule has 1 aromatic rings. The lowest BCUT2D eigenvalue weighted by molar-refractivity contribution is -0.137. The van der Waals surface area contributed by atoms with Crippen LogP contribution in [0, 0.1) is 0 Å². The predicted octanol–water partition coefficient (Wildman–Crippen LogP) is -1.77. The van der Waals surface area contributed by atoms with Crippen molar-refractivity contribution in [3.8, 4) is 0 Å². The number of nitrogens with one attached hydrogen (secondary N) is 5. The minimum absolute atomic E-state index is 0.118. The zero-order valence-corrected chi connectivity index (χ0v) is 24.5. The van der Waals surface area contributed by atoms with Crippen molar-refractivity contribution in [2.45, 2.75) is 45.1 Å². The first kappa shape index (κ1) is 35.3. The molecule has 0 spiro atoms. The largest absolute Gasteiger partial charge is 0.354 e. The van der Waals surface area contributed by atoms with Gasteiger partial charge in [0.1, 0.15) is 19.4 Å². The van der Waals surface area contributed by atoms with Gasteiger partial charge in [-0.1, -0.05) is 36.8 Å². The number of nitrogens with zero attached hydrogens (tertiary/aromatic N) is 1. The molecule has 5 N–H and O–H groups in total. The first-order valence-electron chi connectivity index (χ1n) is 14.1. The van der Waals surface area contributed by atoms with Crippen LogP contribution >= 0.6 is 0 Å². The van der Waals surface area contributed by atoms with E-state index in [1.807, 2.05) is 0 Å². The van der Waals surface area contributed by atoms with Crippen LogP contribution in [0.4, 0.5) is 0 Å². The lowest BCUT2D eigenvalue weighted by Crippen LogP contribution is -2.52. The Hall–Kier alpha value is -4.92. The number of unbranched alkanes of at least 4 members (excludes halogenated alkanes) is 2. The van der Waals surface area contributed by atoms with Crippen LogP contribution in [-0.4, -0.2) is 97.6 Å². The fourth-order valence-electron chi connectivity index (χ4n) is 3.88. The first-order chi connectivity index (χ1) is 21.0. The van der Waals surface area contributed by atoms with Crippen LogP contribution in [-0.2, 0) is 49.5 Å². The molecule has 2 rings (SSSR count). The van der Waals surface area contributed by atoms with Crippen LogP contribution in [0.5, 0.6) is 0 Å². The molecule has 44 heavy (non-hydrogen) atoms. The van der Waals surface area contributed by atoms with Gasteiger partial charge in [-0.3, -0.25) is 43.3 Å². The van der Waals surface area contributed by atoms with Crippen LogP contribution in [0.25, 0.3) is 0 Å². The number of ether oxygens (including phenoxy) is 1. The van der Waals surface area contributed by atoms with Crippen LogP contribution < -0.4 is 26.6 Å². The molecule has 1 aromatic carbocycles. The van der Waals surface area contributed by atoms with E-state index in [0.29, 0.717) is 19.3 Å². The summed E-state index contributed by atoms with van der Waals surface area (Å²) in [6, 6.07) is 7.81. The second kappa shape index (κ2) is 19.3. The van der Waals surface area contributed by atoms with Crippen molar-refractivity contribution in [3.63, 3.8) is 0 Å². The van der Waals surface area contributed by atoms with Crippen LogP contribution in [0.1, 0.15) is 38.2 Å². The maximum atomic E-state index is 12.8. The number of hydrogen-bond donors (Lipinski definition) is 5. The number of amides is 7. The van der Waals surface area contributed by atoms with Crippen molar-refractivity contribution in [2.75, 3.05) is 39.5 Å². The summed E-state index contributed by atoms with van der Waals surface area (Å²) < 4.78 is 4.95. The summed E-state index contributed by atoms with van der Waals surface area (Å²) in [5.41, 5.74) is 0.747. The van der Waals surface area contributed by atoms with E-state index >= 15 is 0 Å². The van der Waals surface area contributed by atoms with Gasteiger partial charge < -0.3 is 31.3 Å². The number of hydrogen-bond acceptors (Lipinski definition) is 9. The monoisotopic (exact) mass is 614 g/mol. The Morgan fingerprint density at radius 2 is 1.36 bits per heavy atom. The number of ketones is 1. The van der Waals surface area contributed by atoms with E-state index in [0.717, 1.165) is 10.5 Å². The Morgan fingerprint density at radius 1 is 0.750 bits per heavy atom. The van der Waals surface area contributed by atoms with E-state index < -0.39 is 42.8 Å². The third-order valence-electron chi connectivity index (χ3n) is 6.11. The average Bonchev–Trinajstić information content (AvgIpc) is 3.32. The van der Waals surface area contributed by atoms with Gasteiger partial charge in [0.15, 0.2) is 5.78 Å². The molecule has 0 bridgehead atoms. The molecule has 1 unspecified atom stereocenters. The second-order valence-electron chi connectivity index (χ2n) is 9.85. The highest BCUT2D eigenvalue weighted by Gasteiger charge is 2.23. The van der Waals surface area contributed by atoms with Gasteiger partial charge in [0, 0.05) is 31.5 Å². The molecule has 1 heterocycles. The molecule has 0 fully saturated rings. The lowest BCUT2D eigenvalue weighted by Gasteiger charge is -2.19. The van der Waals surface area contributed by atoms with Gasteiger partial charge in [-0.15, -0.1) is 0 Å². The Morgan fingerprint density at radius 3 is 2.05 bits per heavy atom. The zero-order valence-electron chi connectivity index (χ0n) is 24.5. The molecule has 0 radical (unpaired) electrons. The van der Waals surface area contributed by atoms with Crippen LogP contribution in [0.2, 0.25) is 0 Å². The summed E-state index contributed by atoms with van der Waals surface area (Å²) in [5, 5.41) is 12.2. The Kier molecular flexibility index (Phi) is 15.5. The molecule has 7 amide bonds. The van der Waals surface area contributed by atoms with E-state index in [9.17, 15) is 38.4 Å². The molecule has 1 aliphatic rings. The third-order valence-corrected chi connectivity index (χ3v) is 6.11. The van der Waals surface area contributed by atoms with Crippen molar-refractivity contribution in [1.29, 1.82) is 0 Å². The first-order valence-corrected chi connectivity index (χ1v) is 14.1. The molecule has 0 aromatic heterocycles. The van der Waals surface area contributed by atoms with E-state index in [1.54, 1.807) is 30.3 Å². The Labute approximate surface area is 254 Å². The van der Waals surface area contributed by atoms with E-state index in [4.69, 9.17) is 4.74 Å². The molecule has 0 aliphatic carbocycles. The Bertz CT molecular complexity index is 1220. The number of imide groups is 1. The molecule has 238 valence electrons. The van der Waals surface area contributed by atoms with Crippen LogP contribution in [0.3, 0.4) is 0 Å². The molecule has 0 saturated carbocycles. The van der Waals surface area contributed by atoms with Gasteiger partial charge in [-0.05, 0) is 25.3 Å². The quantitative estimate of drug-likeness (QED) is 0.0638. The summed E-state index contributed by atoms with van der Waals surface area (Å²) in [5.74, 6) is -3.73. The summed E-state index contributed by atoms with van der Waals surface area (Å²) >= 11 is 0. The summed E-state index contributed by atoms with van der Waals surface area (Å²) in [4.78, 5) is 96.5. The number of benzene rings is 1. The van der Waals surface area contributed by atoms with Crippen molar-refractivity contribution in [2.24, 2.45) is 0 Å². The SMILES string of the molecule is CC(=O)COCNC(=O)CNC(=O)C(Cc1ccccc1)NC(=O)CNC(=O)CNC(=O)CCCCCN1C(=O)C=CC1=O. The van der Waals surface area contributed by atoms with Gasteiger partial charge >= 0.3 is 0 Å². The van der Waals surface area contributed by atoms with Gasteiger partial charge in [-0.2, -0.15) is 0 Å². The number of Topliss-reactive ketones (excluding diaryl/α,β-unsaturated/α-hetero) is 1. The summed E-state index contributed by atoms with van der Waals surface area (Å²) in [6.07, 6.45) is 4.35. The summed E-state index contributed by atoms with van der Waals surface area (Å²) in [7, 11) is 0. The third kappa shape index (κ3) is 14.3. The van der Waals surface area contributed by atoms with Crippen molar-refractivity contribution >= 4 is 47.1 Å². The van der Waals surface area contributed by atoms with E-state index in [-0.39, 0.29) is 62.8 Å². The standard InChI is InChI=1S/C29H38N6O9/c1-20(36)18-44-19-33-25(39)16-32-29(43)22(14-21-8-4-2-5-9-21)34-26(40)17-31-24(38)15-30-23(37)10-6-3-7-13-35-27(41)11-12-28(35)42/h2,4-5,8-9,11-12,22H,3,6-7,10,13-19H2,1H3,(H,30,37)(H,31,38)(H,32,43)(H,33,39)(H,34,40). The maximum absolute atomic E-state index is 12.8. The molecule has 15 nitrogen and oxygen atoms in total. The predicted molar refractivity (Wildman–Crippen MR) is 155 cm³/mol. The minimum atomic E-state index is -1.05. The second-order valence-corrected chi connectivity index (χ2v) is 9.85. The normalized spacial score (nSPS) is 12.8. The smallest absolute Gasteiger partial charge is 0.253 e. The van der Waals surface area contributed by atoms with Gasteiger partial charge in [0.2, 0.25) is 29.5 Å². The molecule has 15 heteroatoms. The highest BCUT2D eigenvalue weighted by atomic mass is 16.5. The highest BCUT2D eigenvalue weighted by Crippen LogP contribution is 2.08. The minimum Gasteiger partial charge on any atom is -0.354 e. The van der Waals surface area contributed by atoms with Gasteiger partial charge in [0.25, 0.3) is 11.8 Å². The summed E-state index contributed by atoms with van der Waals surface area (Å²) in [6.45, 7) is 0.0470. The highest BCUT2D eigenvalue weighted by molar-refractivity contribution is 6.12. The number of carbonyl (C=O) groups excluding carboxylic acids is 8. The van der Waals surface area contributed by atoms with E-state index in [1.165, 1.54) is 19.1 Å². The Balaban J connectivity index is 1.69. The fraction of sp³-hybridized carbons (Fsp3) is 0.448. The fourth-order valence-corrected chi connectivity index (χ4v) is 3.88. The van der Waals surface area contributed by atoms with Crippen LogP contribution in [0.15, 0.2) is 42.5 Å². The molecule has 0 saturated heterocycles. The average molecular weight is 615 g/mol. The van der Waals surface area contributed by atoms with E-state index in [2.05, 4.69) is 26.6 Å². The molecular formula is C29H38N6O9. The van der Waals surface area contributed by atoms with Crippen molar-refractivity contribution in [1.82, 2.24) is 31.5 Å². The van der Waals surface area contributed by atoms with Gasteiger partial charge in [-0.25, -0.2) is 0 Å². The number of rotatable bonds is 20. The lowest BCUT2D eigenvalue weighted by atomic mass is 10.1.